The Morgan fingerprint density at radius 1 is 1.00 bits per heavy atom. The van der Waals surface area contributed by atoms with E-state index in [1.54, 1.807) is 16.5 Å². The molecule has 0 atom stereocenters. The van der Waals surface area contributed by atoms with Gasteiger partial charge >= 0.3 is 0 Å². The Kier molecular flexibility index (Phi) is 3.46. The molecule has 0 saturated carbocycles. The van der Waals surface area contributed by atoms with Gasteiger partial charge in [-0.25, -0.2) is 0 Å². The second kappa shape index (κ2) is 5.67. The van der Waals surface area contributed by atoms with E-state index in [-0.39, 0.29) is 11.8 Å². The summed E-state index contributed by atoms with van der Waals surface area (Å²) >= 11 is 0. The fourth-order valence-electron chi connectivity index (χ4n) is 3.37. The van der Waals surface area contributed by atoms with E-state index in [0.717, 1.165) is 27.7 Å². The van der Waals surface area contributed by atoms with Crippen molar-refractivity contribution in [3.05, 3.63) is 71.8 Å². The highest BCUT2D eigenvalue weighted by Gasteiger charge is 2.28. The summed E-state index contributed by atoms with van der Waals surface area (Å²) in [5.74, 6) is 0.194. The minimum atomic E-state index is -0.0204. The van der Waals surface area contributed by atoms with E-state index in [0.29, 0.717) is 5.57 Å². The molecule has 1 aromatic heterocycles. The molecule has 3 aromatic rings. The smallest absolute Gasteiger partial charge is 0.258 e. The van der Waals surface area contributed by atoms with Gasteiger partial charge in [0.05, 0.1) is 11.2 Å². The number of hydrogen-bond donors (Lipinski definition) is 1. The zero-order chi connectivity index (χ0) is 17.6. The third-order valence-corrected chi connectivity index (χ3v) is 4.73. The summed E-state index contributed by atoms with van der Waals surface area (Å²) in [6.45, 7) is 0. The molecule has 2 aromatic carbocycles. The van der Waals surface area contributed by atoms with Crippen LogP contribution in [0.4, 0.5) is 5.69 Å². The van der Waals surface area contributed by atoms with Crippen molar-refractivity contribution in [2.45, 2.75) is 0 Å². The van der Waals surface area contributed by atoms with Gasteiger partial charge in [0.15, 0.2) is 5.88 Å². The van der Waals surface area contributed by atoms with E-state index in [9.17, 15) is 9.90 Å². The lowest BCUT2D eigenvalue weighted by molar-refractivity contribution is -0.112. The van der Waals surface area contributed by atoms with Gasteiger partial charge in [0.25, 0.3) is 5.91 Å². The molecule has 0 radical (unpaired) electrons. The van der Waals surface area contributed by atoms with Gasteiger partial charge in [0.2, 0.25) is 0 Å². The van der Waals surface area contributed by atoms with E-state index in [1.165, 1.54) is 0 Å². The maximum absolute atomic E-state index is 12.5. The number of para-hydroxylation sites is 2. The zero-order valence-electron chi connectivity index (χ0n) is 14.1. The van der Waals surface area contributed by atoms with Crippen LogP contribution in [0.1, 0.15) is 11.1 Å². The molecule has 1 aliphatic rings. The number of aryl methyl sites for hydroxylation is 1. The van der Waals surface area contributed by atoms with Crippen LogP contribution >= 0.6 is 0 Å². The molecule has 124 valence electrons. The van der Waals surface area contributed by atoms with Crippen LogP contribution in [-0.4, -0.2) is 22.6 Å². The number of carbonyl (C=O) groups is 1. The summed E-state index contributed by atoms with van der Waals surface area (Å²) in [6, 6.07) is 15.6. The van der Waals surface area contributed by atoms with Gasteiger partial charge in [0, 0.05) is 36.2 Å². The second-order valence-corrected chi connectivity index (χ2v) is 6.13. The predicted octanol–water partition coefficient (Wildman–Crippen LogP) is 3.96. The lowest BCUT2D eigenvalue weighted by Crippen LogP contribution is -2.20. The molecule has 0 unspecified atom stereocenters. The van der Waals surface area contributed by atoms with Crippen molar-refractivity contribution in [3.63, 3.8) is 0 Å². The lowest BCUT2D eigenvalue weighted by Gasteiger charge is -2.07. The number of amides is 1. The molecule has 4 heteroatoms. The fraction of sp³-hybridized carbons (Fsp3) is 0.0952. The second-order valence-electron chi connectivity index (χ2n) is 6.13. The molecule has 0 fully saturated rings. The van der Waals surface area contributed by atoms with Crippen LogP contribution in [0, 0.1) is 0 Å². The van der Waals surface area contributed by atoms with Gasteiger partial charge in [-0.05, 0) is 24.3 Å². The van der Waals surface area contributed by atoms with E-state index < -0.39 is 0 Å². The van der Waals surface area contributed by atoms with Gasteiger partial charge in [0.1, 0.15) is 0 Å². The molecular weight excluding hydrogens is 312 g/mol. The van der Waals surface area contributed by atoms with Crippen molar-refractivity contribution < 1.29 is 9.90 Å². The molecule has 1 aliphatic heterocycles. The number of carbonyl (C=O) groups excluding carboxylic acids is 1. The van der Waals surface area contributed by atoms with Crippen LogP contribution in [0.15, 0.2) is 60.7 Å². The normalized spacial score (nSPS) is 15.7. The number of fused-ring (bicyclic) bond motifs is 2. The van der Waals surface area contributed by atoms with E-state index >= 15 is 0 Å². The SMILES string of the molecule is CN1C(=O)/C(=C/C=C/c2c(O)n(C)c3ccccc23)c2ccccc21. The van der Waals surface area contributed by atoms with Crippen LogP contribution in [0.2, 0.25) is 0 Å². The summed E-state index contributed by atoms with van der Waals surface area (Å²) in [4.78, 5) is 14.1. The molecule has 1 N–H and O–H groups in total. The molecule has 25 heavy (non-hydrogen) atoms. The van der Waals surface area contributed by atoms with Gasteiger partial charge < -0.3 is 14.6 Å². The van der Waals surface area contributed by atoms with E-state index in [2.05, 4.69) is 0 Å². The Morgan fingerprint density at radius 2 is 1.72 bits per heavy atom. The molecular formula is C21H18N2O2. The van der Waals surface area contributed by atoms with Crippen molar-refractivity contribution in [3.8, 4) is 5.88 Å². The largest absolute Gasteiger partial charge is 0.494 e. The van der Waals surface area contributed by atoms with E-state index in [4.69, 9.17) is 0 Å². The molecule has 0 saturated heterocycles. The van der Waals surface area contributed by atoms with Crippen molar-refractivity contribution in [1.82, 2.24) is 4.57 Å². The number of aromatic hydroxyl groups is 1. The highest BCUT2D eigenvalue weighted by atomic mass is 16.3. The fourth-order valence-corrected chi connectivity index (χ4v) is 3.37. The highest BCUT2D eigenvalue weighted by Crippen LogP contribution is 2.36. The predicted molar refractivity (Wildman–Crippen MR) is 101 cm³/mol. The number of hydrogen-bond acceptors (Lipinski definition) is 2. The maximum atomic E-state index is 12.5. The monoisotopic (exact) mass is 330 g/mol. The Hall–Kier alpha value is -3.27. The van der Waals surface area contributed by atoms with Gasteiger partial charge in [-0.1, -0.05) is 42.5 Å². The minimum absolute atomic E-state index is 0.0204. The summed E-state index contributed by atoms with van der Waals surface area (Å²) in [5, 5.41) is 11.4. The third kappa shape index (κ3) is 2.26. The van der Waals surface area contributed by atoms with Crippen molar-refractivity contribution >= 4 is 34.1 Å². The maximum Gasteiger partial charge on any atom is 0.258 e. The number of allylic oxidation sites excluding steroid dienone is 2. The van der Waals surface area contributed by atoms with Gasteiger partial charge in [-0.2, -0.15) is 0 Å². The van der Waals surface area contributed by atoms with Crippen molar-refractivity contribution in [2.24, 2.45) is 7.05 Å². The zero-order valence-corrected chi connectivity index (χ0v) is 14.1. The number of benzene rings is 2. The molecule has 0 bridgehead atoms. The Labute approximate surface area is 145 Å². The minimum Gasteiger partial charge on any atom is -0.494 e. The molecule has 0 spiro atoms. The van der Waals surface area contributed by atoms with E-state index in [1.807, 2.05) is 73.8 Å². The lowest BCUT2D eigenvalue weighted by atomic mass is 10.1. The van der Waals surface area contributed by atoms with Crippen LogP contribution in [0.5, 0.6) is 5.88 Å². The number of anilines is 1. The van der Waals surface area contributed by atoms with Crippen molar-refractivity contribution in [1.29, 1.82) is 0 Å². The first-order valence-corrected chi connectivity index (χ1v) is 8.12. The third-order valence-electron chi connectivity index (χ3n) is 4.73. The summed E-state index contributed by atoms with van der Waals surface area (Å²) in [5.41, 5.74) is 4.23. The van der Waals surface area contributed by atoms with Crippen LogP contribution in [0.25, 0.3) is 22.6 Å². The van der Waals surface area contributed by atoms with Crippen LogP contribution in [-0.2, 0) is 11.8 Å². The summed E-state index contributed by atoms with van der Waals surface area (Å²) in [7, 11) is 3.61. The quantitative estimate of drug-likeness (QED) is 0.723. The molecule has 2 heterocycles. The summed E-state index contributed by atoms with van der Waals surface area (Å²) in [6.07, 6.45) is 5.48. The number of likely N-dealkylation sites (N-methyl/N-ethyl adjacent to an activating group) is 1. The standard InChI is InChI=1S/C21H18N2O2/c1-22-18-12-5-3-8-14(18)16(20(22)24)10-7-11-17-15-9-4-6-13-19(15)23(2)21(17)25/h3-13,24H,1-2H3/b10-7+,17-11+. The first-order valence-electron chi connectivity index (χ1n) is 8.12. The van der Waals surface area contributed by atoms with Crippen molar-refractivity contribution in [2.75, 3.05) is 11.9 Å². The topological polar surface area (TPSA) is 45.5 Å². The number of aromatic nitrogens is 1. The molecule has 1 amide bonds. The van der Waals surface area contributed by atoms with Crippen LogP contribution in [0.3, 0.4) is 0 Å². The molecule has 4 nitrogen and oxygen atoms in total. The molecule has 4 rings (SSSR count). The Balaban J connectivity index is 1.76. The summed E-state index contributed by atoms with van der Waals surface area (Å²) < 4.78 is 1.76. The van der Waals surface area contributed by atoms with Crippen LogP contribution < -0.4 is 4.90 Å². The van der Waals surface area contributed by atoms with Gasteiger partial charge in [-0.15, -0.1) is 0 Å². The average Bonchev–Trinajstić information content (AvgIpc) is 3.03. The average molecular weight is 330 g/mol. The Morgan fingerprint density at radius 3 is 2.56 bits per heavy atom. The first-order chi connectivity index (χ1) is 12.1. The highest BCUT2D eigenvalue weighted by molar-refractivity contribution is 6.32. The number of rotatable bonds is 2. The van der Waals surface area contributed by atoms with Gasteiger partial charge in [-0.3, -0.25) is 4.79 Å². The first kappa shape index (κ1) is 15.3. The molecule has 0 aliphatic carbocycles. The Bertz CT molecular complexity index is 1060. The number of nitrogens with zero attached hydrogens (tertiary/aromatic N) is 2.